The molecule has 10 heteroatoms. The number of amides is 1. The van der Waals surface area contributed by atoms with Crippen molar-refractivity contribution in [2.45, 2.75) is 19.8 Å². The van der Waals surface area contributed by atoms with Crippen molar-refractivity contribution in [1.29, 1.82) is 0 Å². The number of aromatic nitrogens is 4. The molecule has 3 heterocycles. The third kappa shape index (κ3) is 3.07. The van der Waals surface area contributed by atoms with Crippen LogP contribution in [-0.2, 0) is 4.79 Å². The second kappa shape index (κ2) is 6.83. The number of ether oxygens (including phenoxy) is 1. The highest BCUT2D eigenvalue weighted by Crippen LogP contribution is 2.38. The van der Waals surface area contributed by atoms with Gasteiger partial charge in [0.1, 0.15) is 16.4 Å². The third-order valence-corrected chi connectivity index (χ3v) is 5.08. The molecule has 0 atom stereocenters. The largest absolute Gasteiger partial charge is 0.450 e. The molecule has 3 N–H and O–H groups in total. The van der Waals surface area contributed by atoms with Crippen LogP contribution in [0.2, 0.25) is 5.02 Å². The van der Waals surface area contributed by atoms with E-state index in [9.17, 15) is 4.79 Å². The average molecular weight is 402 g/mol. The summed E-state index contributed by atoms with van der Waals surface area (Å²) in [6.07, 6.45) is 6.62. The van der Waals surface area contributed by atoms with E-state index < -0.39 is 0 Å². The Morgan fingerprint density at radius 2 is 2.14 bits per heavy atom. The van der Waals surface area contributed by atoms with Crippen molar-refractivity contribution >= 4 is 40.3 Å². The van der Waals surface area contributed by atoms with Crippen LogP contribution in [0.5, 0.6) is 11.5 Å². The summed E-state index contributed by atoms with van der Waals surface area (Å²) < 4.78 is 7.58. The second-order valence-electron chi connectivity index (χ2n) is 6.71. The summed E-state index contributed by atoms with van der Waals surface area (Å²) in [7, 11) is 3.43. The number of anilines is 3. The van der Waals surface area contributed by atoms with E-state index in [4.69, 9.17) is 22.1 Å². The summed E-state index contributed by atoms with van der Waals surface area (Å²) in [6.45, 7) is 1.84. The van der Waals surface area contributed by atoms with E-state index in [-0.39, 0.29) is 17.6 Å². The maximum absolute atomic E-state index is 12.3. The standard InChI is InChI=1S/C18H20ClN7O2/c1-9-16-12(28-11-6-22-17(20)15(21-2)14(11)19)7-23-26(16)8-13(24-9)25(3)18(27)10-4-5-10/h6-8,10,21H,4-5H2,1-3H3,(H2,20,22). The monoisotopic (exact) mass is 401 g/mol. The number of nitrogens with zero attached hydrogens (tertiary/aromatic N) is 5. The first-order valence-corrected chi connectivity index (χ1v) is 9.20. The number of carbonyl (C=O) groups is 1. The van der Waals surface area contributed by atoms with Crippen molar-refractivity contribution in [1.82, 2.24) is 19.6 Å². The lowest BCUT2D eigenvalue weighted by Crippen LogP contribution is -2.29. The number of halogens is 1. The van der Waals surface area contributed by atoms with Gasteiger partial charge < -0.3 is 15.8 Å². The average Bonchev–Trinajstić information content (AvgIpc) is 3.44. The van der Waals surface area contributed by atoms with Crippen LogP contribution in [0.25, 0.3) is 5.52 Å². The van der Waals surface area contributed by atoms with Gasteiger partial charge in [0.25, 0.3) is 0 Å². The van der Waals surface area contributed by atoms with Crippen LogP contribution in [0.3, 0.4) is 0 Å². The molecule has 0 spiro atoms. The van der Waals surface area contributed by atoms with Crippen LogP contribution in [0.15, 0.2) is 18.6 Å². The predicted octanol–water partition coefficient (Wildman–Crippen LogP) is 2.88. The number of hydrogen-bond acceptors (Lipinski definition) is 7. The molecule has 1 aliphatic carbocycles. The van der Waals surface area contributed by atoms with Gasteiger partial charge in [0.05, 0.1) is 30.0 Å². The highest BCUT2D eigenvalue weighted by atomic mass is 35.5. The highest BCUT2D eigenvalue weighted by Gasteiger charge is 2.33. The molecule has 4 rings (SSSR count). The number of nitrogen functional groups attached to an aromatic ring is 1. The van der Waals surface area contributed by atoms with Crippen molar-refractivity contribution in [3.05, 3.63) is 29.3 Å². The smallest absolute Gasteiger partial charge is 0.231 e. The summed E-state index contributed by atoms with van der Waals surface area (Å²) in [5.74, 6) is 1.84. The van der Waals surface area contributed by atoms with E-state index in [0.29, 0.717) is 39.2 Å². The summed E-state index contributed by atoms with van der Waals surface area (Å²) in [5.41, 5.74) is 7.66. The number of rotatable bonds is 5. The number of carbonyl (C=O) groups excluding carboxylic acids is 1. The third-order valence-electron chi connectivity index (χ3n) is 4.71. The molecule has 0 unspecified atom stereocenters. The van der Waals surface area contributed by atoms with Gasteiger partial charge in [0.2, 0.25) is 5.91 Å². The molecule has 1 aliphatic rings. The van der Waals surface area contributed by atoms with Crippen molar-refractivity contribution in [3.8, 4) is 11.5 Å². The molecule has 3 aromatic heterocycles. The summed E-state index contributed by atoms with van der Waals surface area (Å²) in [6, 6.07) is 0. The van der Waals surface area contributed by atoms with Gasteiger partial charge in [0, 0.05) is 20.0 Å². The Kier molecular flexibility index (Phi) is 4.46. The molecule has 0 aromatic carbocycles. The van der Waals surface area contributed by atoms with Crippen LogP contribution < -0.4 is 20.7 Å². The van der Waals surface area contributed by atoms with E-state index in [0.717, 1.165) is 12.8 Å². The van der Waals surface area contributed by atoms with E-state index in [1.165, 1.54) is 6.20 Å². The summed E-state index contributed by atoms with van der Waals surface area (Å²) in [5, 5.41) is 7.57. The topological polar surface area (TPSA) is 111 Å². The molecule has 1 fully saturated rings. The first-order chi connectivity index (χ1) is 13.4. The van der Waals surface area contributed by atoms with Gasteiger partial charge in [-0.2, -0.15) is 5.10 Å². The molecule has 3 aromatic rings. The van der Waals surface area contributed by atoms with Crippen molar-refractivity contribution in [2.75, 3.05) is 30.0 Å². The Morgan fingerprint density at radius 3 is 2.82 bits per heavy atom. The molecule has 0 saturated heterocycles. The first kappa shape index (κ1) is 18.3. The molecular formula is C18H20ClN7O2. The van der Waals surface area contributed by atoms with Crippen LogP contribution in [0.1, 0.15) is 18.5 Å². The predicted molar refractivity (Wildman–Crippen MR) is 107 cm³/mol. The number of hydrogen-bond donors (Lipinski definition) is 2. The van der Waals surface area contributed by atoms with E-state index in [1.54, 1.807) is 35.9 Å². The normalized spacial score (nSPS) is 13.6. The van der Waals surface area contributed by atoms with Gasteiger partial charge in [-0.05, 0) is 19.8 Å². The van der Waals surface area contributed by atoms with Crippen LogP contribution >= 0.6 is 11.6 Å². The minimum atomic E-state index is 0.0780. The van der Waals surface area contributed by atoms with E-state index in [1.807, 2.05) is 6.92 Å². The molecule has 1 saturated carbocycles. The number of nitrogens with one attached hydrogen (secondary N) is 1. The van der Waals surface area contributed by atoms with Gasteiger partial charge in [-0.1, -0.05) is 11.6 Å². The van der Waals surface area contributed by atoms with Gasteiger partial charge in [0.15, 0.2) is 17.3 Å². The maximum atomic E-state index is 12.3. The van der Waals surface area contributed by atoms with Gasteiger partial charge >= 0.3 is 0 Å². The van der Waals surface area contributed by atoms with Crippen molar-refractivity contribution in [2.24, 2.45) is 5.92 Å². The molecule has 0 bridgehead atoms. The Labute approximate surface area is 166 Å². The highest BCUT2D eigenvalue weighted by molar-refractivity contribution is 6.35. The molecule has 0 radical (unpaired) electrons. The second-order valence-corrected chi connectivity index (χ2v) is 7.08. The number of pyridine rings is 1. The molecule has 146 valence electrons. The molecule has 1 amide bonds. The zero-order chi connectivity index (χ0) is 20.0. The summed E-state index contributed by atoms with van der Waals surface area (Å²) in [4.78, 5) is 22.5. The maximum Gasteiger partial charge on any atom is 0.231 e. The van der Waals surface area contributed by atoms with Crippen molar-refractivity contribution in [3.63, 3.8) is 0 Å². The van der Waals surface area contributed by atoms with E-state index >= 15 is 0 Å². The molecule has 9 nitrogen and oxygen atoms in total. The fourth-order valence-corrected chi connectivity index (χ4v) is 3.30. The van der Waals surface area contributed by atoms with Crippen molar-refractivity contribution < 1.29 is 9.53 Å². The quantitative estimate of drug-likeness (QED) is 0.676. The van der Waals surface area contributed by atoms with Gasteiger partial charge in [-0.3, -0.25) is 9.69 Å². The number of fused-ring (bicyclic) bond motifs is 1. The fraction of sp³-hybridized carbons (Fsp3) is 0.333. The minimum Gasteiger partial charge on any atom is -0.450 e. The lowest BCUT2D eigenvalue weighted by Gasteiger charge is -2.17. The zero-order valence-electron chi connectivity index (χ0n) is 15.7. The van der Waals surface area contributed by atoms with Gasteiger partial charge in [-0.15, -0.1) is 0 Å². The first-order valence-electron chi connectivity index (χ1n) is 8.82. The Balaban J connectivity index is 1.69. The molecule has 0 aliphatic heterocycles. The van der Waals surface area contributed by atoms with Crippen LogP contribution in [0, 0.1) is 12.8 Å². The van der Waals surface area contributed by atoms with E-state index in [2.05, 4.69) is 20.4 Å². The van der Waals surface area contributed by atoms with Gasteiger partial charge in [-0.25, -0.2) is 14.5 Å². The Morgan fingerprint density at radius 1 is 1.39 bits per heavy atom. The summed E-state index contributed by atoms with van der Waals surface area (Å²) >= 11 is 6.36. The molecular weight excluding hydrogens is 382 g/mol. The minimum absolute atomic E-state index is 0.0780. The lowest BCUT2D eigenvalue weighted by atomic mass is 10.3. The molecule has 28 heavy (non-hydrogen) atoms. The SMILES string of the molecule is CNc1c(N)ncc(Oc2cnn3cc(N(C)C(=O)C4CC4)nc(C)c23)c1Cl. The number of aryl methyl sites for hydroxylation is 1. The zero-order valence-corrected chi connectivity index (χ0v) is 16.5. The number of nitrogens with two attached hydrogens (primary N) is 1. The Hall–Kier alpha value is -3.07. The van der Waals surface area contributed by atoms with Crippen LogP contribution in [-0.4, -0.2) is 39.6 Å². The van der Waals surface area contributed by atoms with Crippen LogP contribution in [0.4, 0.5) is 17.3 Å². The lowest BCUT2D eigenvalue weighted by molar-refractivity contribution is -0.119. The Bertz CT molecular complexity index is 1080. The fourth-order valence-electron chi connectivity index (χ4n) is 3.02.